The van der Waals surface area contributed by atoms with E-state index in [0.29, 0.717) is 24.7 Å². The molecule has 86 valence electrons. The number of aromatic amines is 1. The van der Waals surface area contributed by atoms with Crippen molar-refractivity contribution in [3.8, 4) is 0 Å². The predicted molar refractivity (Wildman–Crippen MR) is 58.0 cm³/mol. The Balaban J connectivity index is 1.85. The molecule has 5 heteroatoms. The van der Waals surface area contributed by atoms with Gasteiger partial charge >= 0.3 is 0 Å². The second-order valence-corrected chi connectivity index (χ2v) is 4.49. The average Bonchev–Trinajstić information content (AvgIpc) is 2.87. The summed E-state index contributed by atoms with van der Waals surface area (Å²) in [4.78, 5) is 19.0. The van der Waals surface area contributed by atoms with Gasteiger partial charge in [0.25, 0.3) is 5.56 Å². The first-order valence-corrected chi connectivity index (χ1v) is 5.72. The number of ether oxygens (including phenoxy) is 1. The van der Waals surface area contributed by atoms with Crippen molar-refractivity contribution in [2.75, 3.05) is 13.1 Å². The second-order valence-electron chi connectivity index (χ2n) is 4.49. The molecular weight excluding hydrogens is 206 g/mol. The van der Waals surface area contributed by atoms with Crippen molar-refractivity contribution in [3.63, 3.8) is 0 Å². The van der Waals surface area contributed by atoms with Crippen molar-refractivity contribution in [2.24, 2.45) is 5.92 Å². The van der Waals surface area contributed by atoms with Gasteiger partial charge < -0.3 is 15.0 Å². The van der Waals surface area contributed by atoms with Crippen molar-refractivity contribution >= 4 is 0 Å². The minimum absolute atomic E-state index is 0.0246. The summed E-state index contributed by atoms with van der Waals surface area (Å²) in [5.74, 6) is 1.41. The molecule has 0 spiro atoms. The van der Waals surface area contributed by atoms with Crippen LogP contribution < -0.4 is 10.9 Å². The number of H-pyrrole nitrogens is 1. The Morgan fingerprint density at radius 1 is 1.44 bits per heavy atom. The number of rotatable bonds is 2. The van der Waals surface area contributed by atoms with E-state index in [1.165, 1.54) is 0 Å². The zero-order valence-electron chi connectivity index (χ0n) is 9.08. The minimum Gasteiger partial charge on any atom is -0.370 e. The molecule has 1 fully saturated rings. The van der Waals surface area contributed by atoms with Gasteiger partial charge in [0.15, 0.2) is 0 Å². The smallest absolute Gasteiger partial charge is 0.256 e. The topological polar surface area (TPSA) is 67.0 Å². The molecule has 2 aliphatic rings. The molecule has 3 heterocycles. The number of hydrogen-bond donors (Lipinski definition) is 2. The predicted octanol–water partition coefficient (Wildman–Crippen LogP) is -0.0479. The molecule has 1 saturated heterocycles. The third-order valence-corrected chi connectivity index (χ3v) is 3.28. The molecular formula is C11H15N3O2. The monoisotopic (exact) mass is 221 g/mol. The Bertz CT molecular complexity index is 449. The van der Waals surface area contributed by atoms with E-state index >= 15 is 0 Å². The van der Waals surface area contributed by atoms with Gasteiger partial charge in [-0.15, -0.1) is 0 Å². The van der Waals surface area contributed by atoms with Gasteiger partial charge in [-0.3, -0.25) is 4.79 Å². The maximum Gasteiger partial charge on any atom is 0.256 e. The van der Waals surface area contributed by atoms with Crippen molar-refractivity contribution in [1.29, 1.82) is 0 Å². The van der Waals surface area contributed by atoms with Gasteiger partial charge in [0.05, 0.1) is 24.5 Å². The lowest BCUT2D eigenvalue weighted by molar-refractivity contribution is 0.132. The lowest BCUT2D eigenvalue weighted by Gasteiger charge is -2.07. The molecule has 2 N–H and O–H groups in total. The zero-order chi connectivity index (χ0) is 11.0. The molecule has 0 saturated carbocycles. The van der Waals surface area contributed by atoms with Gasteiger partial charge in [-0.05, 0) is 25.4 Å². The molecule has 0 aliphatic carbocycles. The molecule has 1 aromatic rings. The average molecular weight is 221 g/mol. The number of fused-ring (bicyclic) bond motifs is 1. The van der Waals surface area contributed by atoms with Crippen LogP contribution in [0.4, 0.5) is 0 Å². The zero-order valence-corrected chi connectivity index (χ0v) is 9.08. The molecule has 0 aromatic carbocycles. The van der Waals surface area contributed by atoms with E-state index in [1.54, 1.807) is 0 Å². The summed E-state index contributed by atoms with van der Waals surface area (Å²) >= 11 is 0. The van der Waals surface area contributed by atoms with Crippen LogP contribution in [0.15, 0.2) is 4.79 Å². The van der Waals surface area contributed by atoms with Crippen molar-refractivity contribution in [3.05, 3.63) is 27.4 Å². The van der Waals surface area contributed by atoms with E-state index < -0.39 is 0 Å². The van der Waals surface area contributed by atoms with Gasteiger partial charge in [-0.25, -0.2) is 4.98 Å². The molecule has 1 unspecified atom stereocenters. The number of aromatic nitrogens is 2. The Kier molecular flexibility index (Phi) is 2.49. The highest BCUT2D eigenvalue weighted by Crippen LogP contribution is 2.16. The highest BCUT2D eigenvalue weighted by molar-refractivity contribution is 5.19. The third-order valence-electron chi connectivity index (χ3n) is 3.28. The van der Waals surface area contributed by atoms with Gasteiger partial charge in [-0.2, -0.15) is 0 Å². The largest absolute Gasteiger partial charge is 0.370 e. The summed E-state index contributed by atoms with van der Waals surface area (Å²) in [6.45, 7) is 2.98. The summed E-state index contributed by atoms with van der Waals surface area (Å²) in [6.07, 6.45) is 2.02. The molecule has 3 rings (SSSR count). The van der Waals surface area contributed by atoms with Crippen LogP contribution in [-0.4, -0.2) is 23.1 Å². The van der Waals surface area contributed by atoms with Gasteiger partial charge in [0.2, 0.25) is 0 Å². The van der Waals surface area contributed by atoms with E-state index in [-0.39, 0.29) is 5.56 Å². The maximum absolute atomic E-state index is 11.7. The van der Waals surface area contributed by atoms with Gasteiger partial charge in [0, 0.05) is 6.42 Å². The molecule has 1 atom stereocenters. The summed E-state index contributed by atoms with van der Waals surface area (Å²) < 4.78 is 5.23. The van der Waals surface area contributed by atoms with Crippen LogP contribution >= 0.6 is 0 Å². The van der Waals surface area contributed by atoms with Crippen molar-refractivity contribution in [2.45, 2.75) is 26.1 Å². The van der Waals surface area contributed by atoms with Crippen LogP contribution in [0.1, 0.15) is 23.5 Å². The lowest BCUT2D eigenvalue weighted by Crippen LogP contribution is -2.20. The van der Waals surface area contributed by atoms with Gasteiger partial charge in [-0.1, -0.05) is 0 Å². The number of nitrogens with one attached hydrogen (secondary N) is 2. The van der Waals surface area contributed by atoms with Crippen molar-refractivity contribution < 1.29 is 4.74 Å². The van der Waals surface area contributed by atoms with Crippen molar-refractivity contribution in [1.82, 2.24) is 15.3 Å². The fraction of sp³-hybridized carbons (Fsp3) is 0.636. The summed E-state index contributed by atoms with van der Waals surface area (Å²) in [6, 6.07) is 0. The molecule has 5 nitrogen and oxygen atoms in total. The van der Waals surface area contributed by atoms with E-state index in [2.05, 4.69) is 15.3 Å². The number of nitrogens with zero attached hydrogens (tertiary/aromatic N) is 1. The highest BCUT2D eigenvalue weighted by Gasteiger charge is 2.20. The number of hydrogen-bond acceptors (Lipinski definition) is 4. The Hall–Kier alpha value is -1.20. The fourth-order valence-corrected chi connectivity index (χ4v) is 2.37. The Morgan fingerprint density at radius 2 is 2.38 bits per heavy atom. The molecule has 0 bridgehead atoms. The van der Waals surface area contributed by atoms with E-state index in [4.69, 9.17) is 4.74 Å². The van der Waals surface area contributed by atoms with E-state index in [9.17, 15) is 4.79 Å². The van der Waals surface area contributed by atoms with E-state index in [1.807, 2.05) is 0 Å². The van der Waals surface area contributed by atoms with Crippen LogP contribution in [0, 0.1) is 5.92 Å². The second kappa shape index (κ2) is 3.99. The highest BCUT2D eigenvalue weighted by atomic mass is 16.5. The molecule has 0 amide bonds. The maximum atomic E-state index is 11.7. The normalized spacial score (nSPS) is 23.6. The standard InChI is InChI=1S/C11H15N3O2/c15-11-8-5-16-6-9(8)13-10(14-11)3-7-1-2-12-4-7/h7,12H,1-6H2,(H,13,14,15). The Labute approximate surface area is 93.2 Å². The summed E-state index contributed by atoms with van der Waals surface area (Å²) in [7, 11) is 0. The quantitative estimate of drug-likeness (QED) is 0.735. The van der Waals surface area contributed by atoms with E-state index in [0.717, 1.165) is 37.4 Å². The fourth-order valence-electron chi connectivity index (χ4n) is 2.37. The lowest BCUT2D eigenvalue weighted by atomic mass is 10.0. The first-order valence-electron chi connectivity index (χ1n) is 5.72. The summed E-state index contributed by atoms with van der Waals surface area (Å²) in [5, 5.41) is 3.32. The van der Waals surface area contributed by atoms with Crippen LogP contribution in [0.25, 0.3) is 0 Å². The SMILES string of the molecule is O=c1[nH]c(CC2CCNC2)nc2c1COC2. The van der Waals surface area contributed by atoms with Crippen LogP contribution in [-0.2, 0) is 24.4 Å². The van der Waals surface area contributed by atoms with Crippen LogP contribution in [0.5, 0.6) is 0 Å². The molecule has 0 radical (unpaired) electrons. The molecule has 2 aliphatic heterocycles. The minimum atomic E-state index is -0.0246. The van der Waals surface area contributed by atoms with Crippen LogP contribution in [0.3, 0.4) is 0 Å². The first kappa shape index (κ1) is 9.99. The first-order chi connectivity index (χ1) is 7.83. The molecule has 1 aromatic heterocycles. The summed E-state index contributed by atoms with van der Waals surface area (Å²) in [5.41, 5.74) is 1.50. The van der Waals surface area contributed by atoms with Gasteiger partial charge in [0.1, 0.15) is 5.82 Å². The Morgan fingerprint density at radius 3 is 3.19 bits per heavy atom. The molecule has 16 heavy (non-hydrogen) atoms. The van der Waals surface area contributed by atoms with Crippen LogP contribution in [0.2, 0.25) is 0 Å². The third kappa shape index (κ3) is 1.76.